The largest absolute Gasteiger partial charge is 0.338 e. The highest BCUT2D eigenvalue weighted by Gasteiger charge is 2.15. The van der Waals surface area contributed by atoms with Crippen molar-refractivity contribution in [1.29, 1.82) is 0 Å². The number of aromatic amines is 1. The molecule has 0 fully saturated rings. The topological polar surface area (TPSA) is 33.1 Å². The Bertz CT molecular complexity index is 955. The first-order valence-corrected chi connectivity index (χ1v) is 7.13. The first-order valence-electron chi connectivity index (χ1n) is 5.58. The zero-order valence-electron chi connectivity index (χ0n) is 9.42. The van der Waals surface area contributed by atoms with Crippen LogP contribution in [-0.2, 0) is 0 Å². The Hall–Kier alpha value is -1.23. The summed E-state index contributed by atoms with van der Waals surface area (Å²) in [5, 5.41) is 2.14. The van der Waals surface area contributed by atoms with Crippen LogP contribution in [0, 0.1) is 0 Å². The molecule has 3 aromatic heterocycles. The molecule has 4 aromatic rings. The van der Waals surface area contributed by atoms with Crippen LogP contribution in [0.3, 0.4) is 0 Å². The van der Waals surface area contributed by atoms with Gasteiger partial charge in [-0.3, -0.25) is 4.40 Å². The van der Waals surface area contributed by atoms with Gasteiger partial charge in [-0.25, -0.2) is 4.98 Å². The van der Waals surface area contributed by atoms with E-state index >= 15 is 0 Å². The summed E-state index contributed by atoms with van der Waals surface area (Å²) in [6, 6.07) is 7.52. The Morgan fingerprint density at radius 2 is 2.11 bits per heavy atom. The second kappa shape index (κ2) is 3.88. The third-order valence-electron chi connectivity index (χ3n) is 3.16. The van der Waals surface area contributed by atoms with E-state index in [-0.39, 0.29) is 0 Å². The van der Waals surface area contributed by atoms with Crippen molar-refractivity contribution < 1.29 is 0 Å². The van der Waals surface area contributed by atoms with Crippen molar-refractivity contribution in [3.8, 4) is 0 Å². The molecule has 6 heteroatoms. The molecule has 1 aromatic carbocycles. The number of pyridine rings is 1. The SMILES string of the molecule is Clc1cc(Cl)c2[nH]c3c(nc4c(Br)cccn43)c2c1. The lowest BCUT2D eigenvalue weighted by atomic mass is 10.2. The van der Waals surface area contributed by atoms with E-state index in [0.29, 0.717) is 10.0 Å². The Kier molecular flexibility index (Phi) is 2.37. The van der Waals surface area contributed by atoms with E-state index in [4.69, 9.17) is 23.2 Å². The molecule has 0 atom stereocenters. The number of hydrogen-bond donors (Lipinski definition) is 1. The molecule has 0 saturated carbocycles. The monoisotopic (exact) mass is 353 g/mol. The third-order valence-corrected chi connectivity index (χ3v) is 4.29. The van der Waals surface area contributed by atoms with Gasteiger partial charge in [0.2, 0.25) is 0 Å². The van der Waals surface area contributed by atoms with Crippen molar-refractivity contribution in [2.24, 2.45) is 0 Å². The molecule has 4 rings (SSSR count). The summed E-state index contributed by atoms with van der Waals surface area (Å²) in [6.45, 7) is 0. The van der Waals surface area contributed by atoms with Crippen LogP contribution in [0.4, 0.5) is 0 Å². The molecule has 0 saturated heterocycles. The molecule has 3 nitrogen and oxygen atoms in total. The molecule has 0 aliphatic carbocycles. The molecule has 0 bridgehead atoms. The number of H-pyrrole nitrogens is 1. The van der Waals surface area contributed by atoms with Gasteiger partial charge in [-0.2, -0.15) is 0 Å². The summed E-state index contributed by atoms with van der Waals surface area (Å²) in [5.74, 6) is 0. The van der Waals surface area contributed by atoms with Gasteiger partial charge < -0.3 is 4.98 Å². The molecule has 0 spiro atoms. The van der Waals surface area contributed by atoms with Crippen LogP contribution < -0.4 is 0 Å². The van der Waals surface area contributed by atoms with E-state index in [1.165, 1.54) is 0 Å². The first-order chi connectivity index (χ1) is 9.15. The Morgan fingerprint density at radius 1 is 1.26 bits per heavy atom. The molecule has 3 heterocycles. The number of imidazole rings is 1. The zero-order chi connectivity index (χ0) is 13.1. The normalized spacial score (nSPS) is 11.9. The minimum Gasteiger partial charge on any atom is -0.338 e. The van der Waals surface area contributed by atoms with E-state index in [1.54, 1.807) is 6.07 Å². The summed E-state index contributed by atoms with van der Waals surface area (Å²) in [7, 11) is 0. The Balaban J connectivity index is 2.30. The maximum atomic E-state index is 6.21. The van der Waals surface area contributed by atoms with Gasteiger partial charge in [-0.1, -0.05) is 23.2 Å². The zero-order valence-corrected chi connectivity index (χ0v) is 12.5. The fourth-order valence-electron chi connectivity index (χ4n) is 2.35. The van der Waals surface area contributed by atoms with E-state index in [1.807, 2.05) is 28.8 Å². The van der Waals surface area contributed by atoms with Crippen molar-refractivity contribution in [3.05, 3.63) is 45.0 Å². The van der Waals surface area contributed by atoms with Crippen LogP contribution in [0.5, 0.6) is 0 Å². The average molecular weight is 355 g/mol. The van der Waals surface area contributed by atoms with Crippen molar-refractivity contribution in [2.45, 2.75) is 0 Å². The van der Waals surface area contributed by atoms with Crippen LogP contribution >= 0.6 is 39.1 Å². The summed E-state index contributed by atoms with van der Waals surface area (Å²) in [5.41, 5.74) is 3.50. The van der Waals surface area contributed by atoms with Crippen LogP contribution in [0.25, 0.3) is 27.7 Å². The highest BCUT2D eigenvalue weighted by molar-refractivity contribution is 9.10. The summed E-state index contributed by atoms with van der Waals surface area (Å²) in [6.07, 6.45) is 1.96. The number of halogens is 3. The Morgan fingerprint density at radius 3 is 2.95 bits per heavy atom. The number of hydrogen-bond acceptors (Lipinski definition) is 1. The number of aromatic nitrogens is 3. The van der Waals surface area contributed by atoms with Gasteiger partial charge in [-0.05, 0) is 40.2 Å². The minimum absolute atomic E-state index is 0.601. The van der Waals surface area contributed by atoms with Gasteiger partial charge in [0.25, 0.3) is 0 Å². The van der Waals surface area contributed by atoms with Crippen molar-refractivity contribution in [3.63, 3.8) is 0 Å². The standard InChI is InChI=1S/C13H6BrCl2N3/c14-8-2-1-3-19-12(8)18-11-7-4-6(15)5-9(16)10(7)17-13(11)19/h1-5,17H. The molecular weight excluding hydrogens is 349 g/mol. The quantitative estimate of drug-likeness (QED) is 0.471. The Labute approximate surface area is 126 Å². The lowest BCUT2D eigenvalue weighted by molar-refractivity contribution is 1.19. The van der Waals surface area contributed by atoms with Crippen LogP contribution in [0.1, 0.15) is 0 Å². The molecule has 0 radical (unpaired) electrons. The first kappa shape index (κ1) is 11.6. The average Bonchev–Trinajstić information content (AvgIpc) is 2.88. The minimum atomic E-state index is 0.601. The highest BCUT2D eigenvalue weighted by atomic mass is 79.9. The smallest absolute Gasteiger partial charge is 0.153 e. The van der Waals surface area contributed by atoms with Gasteiger partial charge in [0.15, 0.2) is 5.65 Å². The lowest BCUT2D eigenvalue weighted by Crippen LogP contribution is -1.85. The number of nitrogens with one attached hydrogen (secondary N) is 1. The summed E-state index contributed by atoms with van der Waals surface area (Å²) < 4.78 is 2.93. The van der Waals surface area contributed by atoms with Gasteiger partial charge in [0, 0.05) is 16.6 Å². The van der Waals surface area contributed by atoms with Crippen molar-refractivity contribution in [2.75, 3.05) is 0 Å². The molecular formula is C13H6BrCl2N3. The number of fused-ring (bicyclic) bond motifs is 5. The van der Waals surface area contributed by atoms with E-state index in [9.17, 15) is 0 Å². The van der Waals surface area contributed by atoms with Crippen molar-refractivity contribution >= 4 is 66.8 Å². The van der Waals surface area contributed by atoms with E-state index in [0.717, 1.165) is 32.2 Å². The molecule has 0 unspecified atom stereocenters. The third kappa shape index (κ3) is 1.54. The maximum absolute atomic E-state index is 6.21. The predicted molar refractivity (Wildman–Crippen MR) is 82.3 cm³/mol. The molecule has 1 N–H and O–H groups in total. The maximum Gasteiger partial charge on any atom is 0.153 e. The second-order valence-electron chi connectivity index (χ2n) is 4.29. The van der Waals surface area contributed by atoms with E-state index in [2.05, 4.69) is 25.9 Å². The molecule has 0 amide bonds. The highest BCUT2D eigenvalue weighted by Crippen LogP contribution is 2.34. The number of rotatable bonds is 0. The predicted octanol–water partition coefficient (Wildman–Crippen LogP) is 5.04. The van der Waals surface area contributed by atoms with Gasteiger partial charge in [0.05, 0.1) is 15.0 Å². The number of nitrogens with zero attached hydrogens (tertiary/aromatic N) is 2. The number of benzene rings is 1. The van der Waals surface area contributed by atoms with Gasteiger partial charge in [0.1, 0.15) is 11.2 Å². The molecule has 0 aliphatic heterocycles. The fraction of sp³-hybridized carbons (Fsp3) is 0. The van der Waals surface area contributed by atoms with Crippen LogP contribution in [-0.4, -0.2) is 14.4 Å². The van der Waals surface area contributed by atoms with Crippen LogP contribution in [0.2, 0.25) is 10.0 Å². The van der Waals surface area contributed by atoms with E-state index < -0.39 is 0 Å². The van der Waals surface area contributed by atoms with Crippen molar-refractivity contribution in [1.82, 2.24) is 14.4 Å². The molecule has 94 valence electrons. The summed E-state index contributed by atoms with van der Waals surface area (Å²) in [4.78, 5) is 7.97. The van der Waals surface area contributed by atoms with Gasteiger partial charge >= 0.3 is 0 Å². The van der Waals surface area contributed by atoms with Crippen LogP contribution in [0.15, 0.2) is 34.9 Å². The second-order valence-corrected chi connectivity index (χ2v) is 5.99. The molecule has 19 heavy (non-hydrogen) atoms. The fourth-order valence-corrected chi connectivity index (χ4v) is 3.32. The summed E-state index contributed by atoms with van der Waals surface area (Å²) >= 11 is 15.8. The molecule has 0 aliphatic rings. The lowest BCUT2D eigenvalue weighted by Gasteiger charge is -1.97. The van der Waals surface area contributed by atoms with Gasteiger partial charge in [-0.15, -0.1) is 0 Å².